The summed E-state index contributed by atoms with van der Waals surface area (Å²) in [6.07, 6.45) is 5.34. The summed E-state index contributed by atoms with van der Waals surface area (Å²) in [5, 5.41) is 35.9. The first-order valence-electron chi connectivity index (χ1n) is 27.1. The van der Waals surface area contributed by atoms with Crippen molar-refractivity contribution in [1.29, 1.82) is 0 Å². The van der Waals surface area contributed by atoms with Gasteiger partial charge in [-0.2, -0.15) is 5.10 Å². The monoisotopic (exact) mass is 1150 g/mol. The standard InChI is InChI=1S/C21H23BClNO4.C20H18BClN2O3.C20H21BClNO3/c1-21(2)17-6-3-14(11-18(17)22(26)28-21)12-20(25)16-5-4-15(13-19(16)23)24-7-9-27-10-8-24;1-20(2)16-7-4-13(10-17(16)21(26)27-20)11-19(25)15-6-5-14(12-18(15)22)24-9-3-8-23-24;1-20(2)16-7-4-13(10-17(16)21(25)26-20)11-19(24)15-6-5-14(12-18(15)22)23-8-3-9-23/h3-6,11,13,26H,7-10,12H2,1-2H3;3-10,12,26H,11H2,1-2H3;4-7,10,12,25H,3,8-9,11H2,1-2H3. The smallest absolute Gasteiger partial charge is 0.423 e. The Morgan fingerprint density at radius 1 is 0.506 bits per heavy atom. The van der Waals surface area contributed by atoms with Crippen molar-refractivity contribution < 1.29 is 48.2 Å². The van der Waals surface area contributed by atoms with Crippen molar-refractivity contribution in [3.63, 3.8) is 0 Å². The highest BCUT2D eigenvalue weighted by Gasteiger charge is 2.43. The molecule has 2 fully saturated rings. The number of aromatic nitrogens is 2. The largest absolute Gasteiger partial charge is 0.492 e. The molecule has 7 aromatic rings. The lowest BCUT2D eigenvalue weighted by atomic mass is 9.77. The number of carbonyl (C=O) groups excluding carboxylic acids is 3. The highest BCUT2D eigenvalue weighted by molar-refractivity contribution is 6.63. The molecule has 14 nitrogen and oxygen atoms in total. The number of rotatable bonds is 12. The van der Waals surface area contributed by atoms with Crippen LogP contribution in [0.25, 0.3) is 5.69 Å². The summed E-state index contributed by atoms with van der Waals surface area (Å²) < 4.78 is 23.8. The van der Waals surface area contributed by atoms with E-state index in [2.05, 4.69) is 14.9 Å². The van der Waals surface area contributed by atoms with Gasteiger partial charge in [-0.3, -0.25) is 14.4 Å². The summed E-state index contributed by atoms with van der Waals surface area (Å²) >= 11 is 19.1. The van der Waals surface area contributed by atoms with Gasteiger partial charge in [-0.15, -0.1) is 0 Å². The summed E-state index contributed by atoms with van der Waals surface area (Å²) in [6.45, 7) is 16.6. The van der Waals surface area contributed by atoms with E-state index < -0.39 is 38.2 Å². The molecule has 0 radical (unpaired) electrons. The van der Waals surface area contributed by atoms with E-state index in [0.717, 1.165) is 87.5 Å². The maximum Gasteiger partial charge on any atom is 0.492 e. The van der Waals surface area contributed by atoms with Crippen molar-refractivity contribution in [2.45, 2.75) is 84.0 Å². The van der Waals surface area contributed by atoms with Gasteiger partial charge in [-0.05, 0) is 158 Å². The predicted molar refractivity (Wildman–Crippen MR) is 320 cm³/mol. The second-order valence-electron chi connectivity index (χ2n) is 22.4. The molecule has 0 spiro atoms. The number of anilines is 2. The molecule has 416 valence electrons. The number of Topliss-reactive ketones (excluding diaryl/α,β-unsaturated/α-hetero) is 3. The van der Waals surface area contributed by atoms with Gasteiger partial charge in [0.05, 0.1) is 50.8 Å². The molecule has 12 rings (SSSR count). The van der Waals surface area contributed by atoms with Crippen molar-refractivity contribution in [1.82, 2.24) is 9.78 Å². The third-order valence-corrected chi connectivity index (χ3v) is 16.5. The lowest BCUT2D eigenvalue weighted by Crippen LogP contribution is -2.36. The van der Waals surface area contributed by atoms with Gasteiger partial charge in [-0.1, -0.05) is 89.4 Å². The SMILES string of the molecule is CC1(C)OB(O)c2cc(CC(=O)c3ccc(-n4cccn4)cc3Cl)ccc21.CC1(C)OB(O)c2cc(CC(=O)c3ccc(N4CCC4)cc3Cl)ccc21.CC1(C)OB(O)c2cc(CC(=O)c3ccc(N4CCOCC4)cc3Cl)ccc21. The molecule has 81 heavy (non-hydrogen) atoms. The fourth-order valence-electron chi connectivity index (χ4n) is 11.0. The number of morpholine rings is 1. The van der Waals surface area contributed by atoms with Gasteiger partial charge in [-0.25, -0.2) is 4.68 Å². The van der Waals surface area contributed by atoms with Crippen molar-refractivity contribution in [3.8, 4) is 5.69 Å². The van der Waals surface area contributed by atoms with Crippen LogP contribution in [0, 0.1) is 0 Å². The number of hydrogen-bond acceptors (Lipinski definition) is 13. The molecular formula is C61H62B3Cl3N4O10. The average molecular weight is 1150 g/mol. The fourth-order valence-corrected chi connectivity index (χ4v) is 11.9. The van der Waals surface area contributed by atoms with E-state index >= 15 is 0 Å². The third kappa shape index (κ3) is 12.6. The van der Waals surface area contributed by atoms with Gasteiger partial charge < -0.3 is 43.6 Å². The fraction of sp³-hybridized carbons (Fsp3) is 0.311. The zero-order valence-corrected chi connectivity index (χ0v) is 48.3. The Labute approximate surface area is 488 Å². The minimum atomic E-state index is -0.970. The normalized spacial score (nSPS) is 17.1. The number of ketones is 3. The molecule has 0 aliphatic carbocycles. The molecule has 6 aromatic carbocycles. The quantitative estimate of drug-likeness (QED) is 0.0788. The molecule has 6 heterocycles. The number of hydrogen-bond donors (Lipinski definition) is 3. The van der Waals surface area contributed by atoms with Crippen LogP contribution >= 0.6 is 34.8 Å². The number of carbonyl (C=O) groups is 3. The zero-order valence-electron chi connectivity index (χ0n) is 46.0. The summed E-state index contributed by atoms with van der Waals surface area (Å²) in [5.41, 5.74) is 10.3. The average Bonchev–Trinajstić information content (AvgIpc) is 4.13. The van der Waals surface area contributed by atoms with Crippen molar-refractivity contribution >= 4 is 101 Å². The molecule has 20 heteroatoms. The number of halogens is 3. The van der Waals surface area contributed by atoms with Crippen LogP contribution in [-0.2, 0) is 54.8 Å². The molecule has 3 N–H and O–H groups in total. The van der Waals surface area contributed by atoms with E-state index in [9.17, 15) is 29.5 Å². The van der Waals surface area contributed by atoms with Crippen LogP contribution in [0.15, 0.2) is 128 Å². The molecule has 0 bridgehead atoms. The zero-order chi connectivity index (χ0) is 57.5. The first-order chi connectivity index (χ1) is 38.5. The number of nitrogens with zero attached hydrogens (tertiary/aromatic N) is 4. The first-order valence-corrected chi connectivity index (χ1v) is 28.2. The topological polar surface area (TPSA) is 173 Å². The van der Waals surface area contributed by atoms with Crippen LogP contribution in [0.1, 0.15) is 112 Å². The van der Waals surface area contributed by atoms with Crippen molar-refractivity contribution in [3.05, 3.63) is 193 Å². The van der Waals surface area contributed by atoms with Gasteiger partial charge in [0.25, 0.3) is 0 Å². The van der Waals surface area contributed by atoms with Crippen LogP contribution < -0.4 is 26.2 Å². The maximum atomic E-state index is 12.8. The lowest BCUT2D eigenvalue weighted by molar-refractivity contribution is 0.0984. The van der Waals surface area contributed by atoms with E-state index in [1.807, 2.05) is 145 Å². The summed E-state index contributed by atoms with van der Waals surface area (Å²) in [5.74, 6) is -0.163. The second-order valence-corrected chi connectivity index (χ2v) is 23.6. The molecule has 0 atom stereocenters. The highest BCUT2D eigenvalue weighted by Crippen LogP contribution is 2.34. The number of fused-ring (bicyclic) bond motifs is 3. The summed E-state index contributed by atoms with van der Waals surface area (Å²) in [4.78, 5) is 42.7. The molecule has 5 aliphatic rings. The number of benzene rings is 6. The Bertz CT molecular complexity index is 3540. The first kappa shape index (κ1) is 58.1. The molecule has 0 saturated carbocycles. The van der Waals surface area contributed by atoms with Gasteiger partial charge in [0.1, 0.15) is 0 Å². The Morgan fingerprint density at radius 2 is 0.864 bits per heavy atom. The summed E-state index contributed by atoms with van der Waals surface area (Å²) in [6, 6.07) is 35.3. The predicted octanol–water partition coefficient (Wildman–Crippen LogP) is 8.39. The molecule has 1 aromatic heterocycles. The minimum absolute atomic E-state index is 0.0298. The van der Waals surface area contributed by atoms with Crippen LogP contribution in [0.2, 0.25) is 15.1 Å². The van der Waals surface area contributed by atoms with E-state index in [4.69, 9.17) is 53.5 Å². The van der Waals surface area contributed by atoms with Gasteiger partial charge in [0.15, 0.2) is 17.3 Å². The molecule has 2 saturated heterocycles. The van der Waals surface area contributed by atoms with E-state index in [-0.39, 0.29) is 36.6 Å². The minimum Gasteiger partial charge on any atom is -0.423 e. The Morgan fingerprint density at radius 3 is 1.20 bits per heavy atom. The van der Waals surface area contributed by atoms with Crippen LogP contribution in [-0.4, -0.2) is 103 Å². The lowest BCUT2D eigenvalue weighted by Gasteiger charge is -2.33. The second kappa shape index (κ2) is 23.7. The van der Waals surface area contributed by atoms with Crippen molar-refractivity contribution in [2.24, 2.45) is 0 Å². The summed E-state index contributed by atoms with van der Waals surface area (Å²) in [7, 11) is -2.88. The van der Waals surface area contributed by atoms with Crippen LogP contribution in [0.4, 0.5) is 11.4 Å². The number of ether oxygens (including phenoxy) is 1. The Hall–Kier alpha value is -6.08. The molecule has 5 aliphatic heterocycles. The highest BCUT2D eigenvalue weighted by atomic mass is 35.5. The maximum absolute atomic E-state index is 12.8. The molecular weight excluding hydrogens is 1090 g/mol. The third-order valence-electron chi connectivity index (χ3n) is 15.5. The van der Waals surface area contributed by atoms with E-state index in [1.54, 1.807) is 29.1 Å². The molecule has 0 amide bonds. The van der Waals surface area contributed by atoms with Gasteiger partial charge in [0, 0.05) is 85.9 Å². The van der Waals surface area contributed by atoms with E-state index in [1.165, 1.54) is 6.42 Å². The van der Waals surface area contributed by atoms with Gasteiger partial charge in [0.2, 0.25) is 0 Å². The Kier molecular flexibility index (Phi) is 17.0. The van der Waals surface area contributed by atoms with Crippen LogP contribution in [0.3, 0.4) is 0 Å². The van der Waals surface area contributed by atoms with Gasteiger partial charge >= 0.3 is 21.4 Å². The van der Waals surface area contributed by atoms with E-state index in [0.29, 0.717) is 50.4 Å². The molecule has 0 unspecified atom stereocenters. The van der Waals surface area contributed by atoms with Crippen LogP contribution in [0.5, 0.6) is 0 Å². The van der Waals surface area contributed by atoms with Crippen molar-refractivity contribution in [2.75, 3.05) is 49.2 Å². The Balaban J connectivity index is 0.000000136.